The van der Waals surface area contributed by atoms with Crippen molar-refractivity contribution in [1.29, 1.82) is 0 Å². The zero-order chi connectivity index (χ0) is 23.1. The van der Waals surface area contributed by atoms with Crippen molar-refractivity contribution in [3.8, 4) is 11.5 Å². The van der Waals surface area contributed by atoms with Gasteiger partial charge in [0.2, 0.25) is 5.91 Å². The number of nitrogens with one attached hydrogen (secondary N) is 1. The van der Waals surface area contributed by atoms with Crippen molar-refractivity contribution in [1.82, 2.24) is 0 Å². The van der Waals surface area contributed by atoms with E-state index in [2.05, 4.69) is 11.4 Å². The number of ether oxygens (including phenoxy) is 3. The predicted molar refractivity (Wildman–Crippen MR) is 120 cm³/mol. The summed E-state index contributed by atoms with van der Waals surface area (Å²) in [6.07, 6.45) is 3.77. The molecule has 0 atom stereocenters. The quantitative estimate of drug-likeness (QED) is 0.508. The number of amides is 1. The molecule has 0 aliphatic heterocycles. The molecule has 0 heterocycles. The van der Waals surface area contributed by atoms with E-state index in [1.54, 1.807) is 18.2 Å². The third-order valence-corrected chi connectivity index (χ3v) is 5.50. The molecule has 7 heteroatoms. The Morgan fingerprint density at radius 1 is 0.938 bits per heavy atom. The molecule has 1 aliphatic rings. The molecule has 3 rings (SSSR count). The Hall–Kier alpha value is -3.35. The van der Waals surface area contributed by atoms with E-state index in [0.717, 1.165) is 36.9 Å². The summed E-state index contributed by atoms with van der Waals surface area (Å²) in [5.41, 5.74) is 2.67. The van der Waals surface area contributed by atoms with Crippen molar-refractivity contribution in [2.24, 2.45) is 0 Å². The summed E-state index contributed by atoms with van der Waals surface area (Å²) >= 11 is 0. The molecular weight excluding hydrogens is 410 g/mol. The Kier molecular flexibility index (Phi) is 7.87. The lowest BCUT2D eigenvalue weighted by atomic mass is 9.82. The Labute approximate surface area is 188 Å². The SMILES string of the molecule is COc1cc(CC(=O)Nc2cccc(C3CCC(OC(C)=O)CC3)c2)ccc1OC(C)=O. The van der Waals surface area contributed by atoms with Crippen molar-refractivity contribution < 1.29 is 28.6 Å². The molecular formula is C25H29NO6. The average Bonchev–Trinajstić information content (AvgIpc) is 2.74. The summed E-state index contributed by atoms with van der Waals surface area (Å²) in [4.78, 5) is 34.9. The van der Waals surface area contributed by atoms with E-state index in [-0.39, 0.29) is 24.4 Å². The number of anilines is 1. The molecule has 1 fully saturated rings. The maximum Gasteiger partial charge on any atom is 0.308 e. The molecule has 170 valence electrons. The summed E-state index contributed by atoms with van der Waals surface area (Å²) in [5.74, 6) is 0.294. The maximum atomic E-state index is 12.6. The first kappa shape index (κ1) is 23.3. The highest BCUT2D eigenvalue weighted by molar-refractivity contribution is 5.92. The van der Waals surface area contributed by atoms with E-state index < -0.39 is 5.97 Å². The molecule has 2 aromatic rings. The summed E-state index contributed by atoms with van der Waals surface area (Å²) in [6.45, 7) is 2.77. The van der Waals surface area contributed by atoms with Gasteiger partial charge in [-0.25, -0.2) is 0 Å². The molecule has 1 aliphatic carbocycles. The van der Waals surface area contributed by atoms with E-state index in [9.17, 15) is 14.4 Å². The highest BCUT2D eigenvalue weighted by Crippen LogP contribution is 2.35. The topological polar surface area (TPSA) is 90.9 Å². The van der Waals surface area contributed by atoms with Gasteiger partial charge in [0.15, 0.2) is 11.5 Å². The second kappa shape index (κ2) is 10.8. The van der Waals surface area contributed by atoms with Gasteiger partial charge in [-0.1, -0.05) is 18.2 Å². The van der Waals surface area contributed by atoms with Gasteiger partial charge < -0.3 is 19.5 Å². The lowest BCUT2D eigenvalue weighted by Gasteiger charge is -2.28. The Bertz CT molecular complexity index is 978. The molecule has 0 unspecified atom stereocenters. The fraction of sp³-hybridized carbons (Fsp3) is 0.400. The van der Waals surface area contributed by atoms with Crippen LogP contribution in [0, 0.1) is 0 Å². The fourth-order valence-corrected chi connectivity index (χ4v) is 4.07. The first-order valence-corrected chi connectivity index (χ1v) is 10.8. The van der Waals surface area contributed by atoms with Crippen molar-refractivity contribution in [2.45, 2.75) is 58.0 Å². The van der Waals surface area contributed by atoms with E-state index in [4.69, 9.17) is 14.2 Å². The van der Waals surface area contributed by atoms with Crippen molar-refractivity contribution in [3.05, 3.63) is 53.6 Å². The van der Waals surface area contributed by atoms with Crippen LogP contribution in [0.3, 0.4) is 0 Å². The third-order valence-electron chi connectivity index (χ3n) is 5.50. The number of carbonyl (C=O) groups is 3. The lowest BCUT2D eigenvalue weighted by molar-refractivity contribution is -0.147. The predicted octanol–water partition coefficient (Wildman–Crippen LogP) is 4.39. The number of rotatable bonds is 7. The minimum Gasteiger partial charge on any atom is -0.493 e. The van der Waals surface area contributed by atoms with Crippen molar-refractivity contribution in [2.75, 3.05) is 12.4 Å². The Morgan fingerprint density at radius 2 is 1.69 bits per heavy atom. The Morgan fingerprint density at radius 3 is 2.34 bits per heavy atom. The van der Waals surface area contributed by atoms with Crippen LogP contribution in [-0.4, -0.2) is 31.1 Å². The molecule has 0 spiro atoms. The van der Waals surface area contributed by atoms with E-state index in [1.807, 2.05) is 18.2 Å². The zero-order valence-corrected chi connectivity index (χ0v) is 18.7. The van der Waals surface area contributed by atoms with Gasteiger partial charge in [0.05, 0.1) is 13.5 Å². The van der Waals surface area contributed by atoms with Gasteiger partial charge in [-0.2, -0.15) is 0 Å². The molecule has 7 nitrogen and oxygen atoms in total. The van der Waals surface area contributed by atoms with Gasteiger partial charge in [-0.15, -0.1) is 0 Å². The molecule has 0 radical (unpaired) electrons. The summed E-state index contributed by atoms with van der Waals surface area (Å²) in [7, 11) is 1.48. The number of hydrogen-bond donors (Lipinski definition) is 1. The van der Waals surface area contributed by atoms with E-state index in [1.165, 1.54) is 26.5 Å². The molecule has 0 aromatic heterocycles. The number of benzene rings is 2. The van der Waals surface area contributed by atoms with Gasteiger partial charge in [-0.3, -0.25) is 14.4 Å². The summed E-state index contributed by atoms with van der Waals surface area (Å²) in [5, 5.41) is 2.95. The number of hydrogen-bond acceptors (Lipinski definition) is 6. The van der Waals surface area contributed by atoms with Crippen LogP contribution in [0.5, 0.6) is 11.5 Å². The minimum atomic E-state index is -0.437. The van der Waals surface area contributed by atoms with Gasteiger partial charge in [0.1, 0.15) is 6.10 Å². The normalized spacial score (nSPS) is 17.8. The van der Waals surface area contributed by atoms with E-state index in [0.29, 0.717) is 17.4 Å². The number of carbonyl (C=O) groups excluding carboxylic acids is 3. The second-order valence-electron chi connectivity index (χ2n) is 8.01. The smallest absolute Gasteiger partial charge is 0.308 e. The van der Waals surface area contributed by atoms with Crippen LogP contribution in [0.25, 0.3) is 0 Å². The van der Waals surface area contributed by atoms with E-state index >= 15 is 0 Å². The largest absolute Gasteiger partial charge is 0.493 e. The highest BCUT2D eigenvalue weighted by Gasteiger charge is 2.24. The highest BCUT2D eigenvalue weighted by atomic mass is 16.6. The van der Waals surface area contributed by atoms with Gasteiger partial charge >= 0.3 is 11.9 Å². The standard InChI is InChI=1S/C25H29NO6/c1-16(27)31-22-10-8-19(9-11-22)20-5-4-6-21(15-20)26-25(29)14-18-7-12-23(32-17(2)28)24(13-18)30-3/h4-7,12-13,15,19,22H,8-11,14H2,1-3H3,(H,26,29). The number of methoxy groups -OCH3 is 1. The third kappa shape index (κ3) is 6.57. The van der Waals surface area contributed by atoms with Gasteiger partial charge in [0.25, 0.3) is 0 Å². The average molecular weight is 440 g/mol. The van der Waals surface area contributed by atoms with Gasteiger partial charge in [0, 0.05) is 19.5 Å². The molecule has 0 saturated heterocycles. The first-order valence-electron chi connectivity index (χ1n) is 10.8. The monoisotopic (exact) mass is 439 g/mol. The summed E-state index contributed by atoms with van der Waals surface area (Å²) < 4.78 is 15.7. The summed E-state index contributed by atoms with van der Waals surface area (Å²) in [6, 6.07) is 12.9. The Balaban J connectivity index is 1.59. The minimum absolute atomic E-state index is 0.0101. The fourth-order valence-electron chi connectivity index (χ4n) is 4.07. The van der Waals surface area contributed by atoms with Crippen LogP contribution >= 0.6 is 0 Å². The molecule has 2 aromatic carbocycles. The molecule has 32 heavy (non-hydrogen) atoms. The van der Waals surface area contributed by atoms with Crippen LogP contribution in [0.2, 0.25) is 0 Å². The van der Waals surface area contributed by atoms with Crippen molar-refractivity contribution in [3.63, 3.8) is 0 Å². The zero-order valence-electron chi connectivity index (χ0n) is 18.7. The second-order valence-corrected chi connectivity index (χ2v) is 8.01. The lowest BCUT2D eigenvalue weighted by Crippen LogP contribution is -2.22. The van der Waals surface area contributed by atoms with Crippen LogP contribution in [0.4, 0.5) is 5.69 Å². The number of esters is 2. The molecule has 1 saturated carbocycles. The van der Waals surface area contributed by atoms with Crippen LogP contribution < -0.4 is 14.8 Å². The van der Waals surface area contributed by atoms with Crippen molar-refractivity contribution >= 4 is 23.5 Å². The molecule has 1 N–H and O–H groups in total. The van der Waals surface area contributed by atoms with Crippen LogP contribution in [0.1, 0.15) is 56.6 Å². The van der Waals surface area contributed by atoms with Gasteiger partial charge in [-0.05, 0) is 67.0 Å². The maximum absolute atomic E-state index is 12.6. The molecule has 0 bridgehead atoms. The first-order chi connectivity index (χ1) is 15.3. The van der Waals surface area contributed by atoms with Crippen LogP contribution in [-0.2, 0) is 25.5 Å². The molecule has 1 amide bonds. The van der Waals surface area contributed by atoms with Crippen LogP contribution in [0.15, 0.2) is 42.5 Å².